The molecule has 0 radical (unpaired) electrons. The molecule has 0 atom stereocenters. The van der Waals surface area contributed by atoms with E-state index in [1.165, 1.54) is 12.1 Å². The largest absolute Gasteiger partial charge is 0.416 e. The second-order valence-corrected chi connectivity index (χ2v) is 5.30. The molecule has 0 fully saturated rings. The van der Waals surface area contributed by atoms with Crippen LogP contribution >= 0.6 is 11.6 Å². The summed E-state index contributed by atoms with van der Waals surface area (Å²) in [5.74, 6) is 0. The predicted octanol–water partition coefficient (Wildman–Crippen LogP) is 4.96. The van der Waals surface area contributed by atoms with Crippen molar-refractivity contribution in [3.8, 4) is 0 Å². The van der Waals surface area contributed by atoms with E-state index in [1.54, 1.807) is 0 Å². The van der Waals surface area contributed by atoms with Crippen LogP contribution in [0.3, 0.4) is 0 Å². The van der Waals surface area contributed by atoms with E-state index in [9.17, 15) is 13.2 Å². The van der Waals surface area contributed by atoms with Gasteiger partial charge in [-0.25, -0.2) is 0 Å². The number of benzene rings is 2. The van der Waals surface area contributed by atoms with Crippen molar-refractivity contribution >= 4 is 11.6 Å². The lowest BCUT2D eigenvalue weighted by molar-refractivity contribution is -0.137. The highest BCUT2D eigenvalue weighted by atomic mass is 35.5. The minimum absolute atomic E-state index is 0.488. The number of halogens is 4. The molecule has 2 aromatic rings. The Bertz CT molecular complexity index is 606. The summed E-state index contributed by atoms with van der Waals surface area (Å²) in [6.45, 7) is 3.02. The quantitative estimate of drug-likeness (QED) is 0.841. The summed E-state index contributed by atoms with van der Waals surface area (Å²) < 4.78 is 37.3. The first-order valence-electron chi connectivity index (χ1n) is 6.48. The Balaban J connectivity index is 1.91. The van der Waals surface area contributed by atoms with Crippen molar-refractivity contribution in [2.24, 2.45) is 0 Å². The molecule has 0 unspecified atom stereocenters. The van der Waals surface area contributed by atoms with E-state index in [-0.39, 0.29) is 0 Å². The SMILES string of the molecule is Cc1ccc(CNCc2ccc(C(F)(F)F)cc2)c(Cl)c1. The smallest absolute Gasteiger partial charge is 0.309 e. The molecule has 0 amide bonds. The molecule has 2 aromatic carbocycles. The number of alkyl halides is 3. The Morgan fingerprint density at radius 1 is 1.00 bits per heavy atom. The molecular weight excluding hydrogens is 299 g/mol. The van der Waals surface area contributed by atoms with Crippen molar-refractivity contribution in [3.05, 3.63) is 69.7 Å². The molecule has 21 heavy (non-hydrogen) atoms. The maximum absolute atomic E-state index is 12.4. The predicted molar refractivity (Wildman–Crippen MR) is 78.2 cm³/mol. The fourth-order valence-electron chi connectivity index (χ4n) is 1.95. The Morgan fingerprint density at radius 3 is 2.24 bits per heavy atom. The van der Waals surface area contributed by atoms with E-state index in [0.717, 1.165) is 28.8 Å². The third-order valence-corrected chi connectivity index (χ3v) is 3.49. The normalized spacial score (nSPS) is 11.7. The first kappa shape index (κ1) is 15.9. The molecule has 5 heteroatoms. The maximum Gasteiger partial charge on any atom is 0.416 e. The van der Waals surface area contributed by atoms with Crippen LogP contribution < -0.4 is 5.32 Å². The van der Waals surface area contributed by atoms with Crippen molar-refractivity contribution in [3.63, 3.8) is 0 Å². The first-order chi connectivity index (χ1) is 9.86. The van der Waals surface area contributed by atoms with Crippen molar-refractivity contribution in [2.45, 2.75) is 26.2 Å². The lowest BCUT2D eigenvalue weighted by atomic mass is 10.1. The zero-order valence-corrected chi connectivity index (χ0v) is 12.2. The molecule has 0 bridgehead atoms. The highest BCUT2D eigenvalue weighted by Gasteiger charge is 2.29. The lowest BCUT2D eigenvalue weighted by Gasteiger charge is -2.09. The summed E-state index contributed by atoms with van der Waals surface area (Å²) in [6.07, 6.45) is -4.29. The zero-order valence-electron chi connectivity index (χ0n) is 11.5. The van der Waals surface area contributed by atoms with Gasteiger partial charge in [-0.1, -0.05) is 35.9 Å². The molecule has 0 saturated carbocycles. The maximum atomic E-state index is 12.4. The molecule has 1 N–H and O–H groups in total. The molecule has 0 aromatic heterocycles. The molecule has 0 heterocycles. The van der Waals surface area contributed by atoms with Gasteiger partial charge in [0, 0.05) is 18.1 Å². The first-order valence-corrected chi connectivity index (χ1v) is 6.86. The van der Waals surface area contributed by atoms with Crippen molar-refractivity contribution in [1.82, 2.24) is 5.32 Å². The molecule has 2 rings (SSSR count). The summed E-state index contributed by atoms with van der Waals surface area (Å²) in [6, 6.07) is 10.9. The Morgan fingerprint density at radius 2 is 1.67 bits per heavy atom. The third kappa shape index (κ3) is 4.48. The van der Waals surface area contributed by atoms with Gasteiger partial charge in [0.2, 0.25) is 0 Å². The van der Waals surface area contributed by atoms with Crippen LogP contribution in [0.5, 0.6) is 0 Å². The molecule has 0 aliphatic carbocycles. The molecular formula is C16H15ClF3N. The van der Waals surface area contributed by atoms with Gasteiger partial charge in [-0.2, -0.15) is 13.2 Å². The van der Waals surface area contributed by atoms with Gasteiger partial charge in [-0.3, -0.25) is 0 Å². The summed E-state index contributed by atoms with van der Waals surface area (Å²) in [7, 11) is 0. The van der Waals surface area contributed by atoms with E-state index < -0.39 is 11.7 Å². The van der Waals surface area contributed by atoms with Gasteiger partial charge in [-0.05, 0) is 41.8 Å². The van der Waals surface area contributed by atoms with E-state index in [1.807, 2.05) is 25.1 Å². The van der Waals surface area contributed by atoms with E-state index in [4.69, 9.17) is 11.6 Å². The average molecular weight is 314 g/mol. The van der Waals surface area contributed by atoms with Gasteiger partial charge in [-0.15, -0.1) is 0 Å². The van der Waals surface area contributed by atoms with Crippen LogP contribution in [0.2, 0.25) is 5.02 Å². The van der Waals surface area contributed by atoms with Gasteiger partial charge in [0.15, 0.2) is 0 Å². The van der Waals surface area contributed by atoms with Gasteiger partial charge in [0.1, 0.15) is 0 Å². The lowest BCUT2D eigenvalue weighted by Crippen LogP contribution is -2.13. The number of nitrogens with one attached hydrogen (secondary N) is 1. The highest BCUT2D eigenvalue weighted by Crippen LogP contribution is 2.29. The van der Waals surface area contributed by atoms with Crippen LogP contribution in [0.4, 0.5) is 13.2 Å². The van der Waals surface area contributed by atoms with Gasteiger partial charge in [0.05, 0.1) is 5.56 Å². The minimum Gasteiger partial charge on any atom is -0.309 e. The summed E-state index contributed by atoms with van der Waals surface area (Å²) in [5.41, 5.74) is 2.22. The second-order valence-electron chi connectivity index (χ2n) is 4.89. The topological polar surface area (TPSA) is 12.0 Å². The summed E-state index contributed by atoms with van der Waals surface area (Å²) in [4.78, 5) is 0. The minimum atomic E-state index is -4.29. The van der Waals surface area contributed by atoms with Gasteiger partial charge < -0.3 is 5.32 Å². The third-order valence-electron chi connectivity index (χ3n) is 3.13. The summed E-state index contributed by atoms with van der Waals surface area (Å²) >= 11 is 6.12. The monoisotopic (exact) mass is 313 g/mol. The van der Waals surface area contributed by atoms with Gasteiger partial charge >= 0.3 is 6.18 Å². The van der Waals surface area contributed by atoms with Crippen LogP contribution in [-0.4, -0.2) is 0 Å². The van der Waals surface area contributed by atoms with Crippen LogP contribution in [0, 0.1) is 6.92 Å². The van der Waals surface area contributed by atoms with E-state index in [0.29, 0.717) is 18.1 Å². The van der Waals surface area contributed by atoms with Crippen LogP contribution in [0.15, 0.2) is 42.5 Å². The van der Waals surface area contributed by atoms with Crippen LogP contribution in [0.1, 0.15) is 22.3 Å². The van der Waals surface area contributed by atoms with E-state index >= 15 is 0 Å². The van der Waals surface area contributed by atoms with Gasteiger partial charge in [0.25, 0.3) is 0 Å². The van der Waals surface area contributed by atoms with Crippen LogP contribution in [0.25, 0.3) is 0 Å². The number of hydrogen-bond acceptors (Lipinski definition) is 1. The fraction of sp³-hybridized carbons (Fsp3) is 0.250. The fourth-order valence-corrected chi connectivity index (χ4v) is 2.25. The molecule has 0 aliphatic heterocycles. The Kier molecular flexibility index (Phi) is 4.91. The standard InChI is InChI=1S/C16H15ClF3N/c1-11-2-5-13(15(17)8-11)10-21-9-12-3-6-14(7-4-12)16(18,19)20/h2-8,21H,9-10H2,1H3. The second kappa shape index (κ2) is 6.50. The van der Waals surface area contributed by atoms with E-state index in [2.05, 4.69) is 5.32 Å². The van der Waals surface area contributed by atoms with Crippen LogP contribution in [-0.2, 0) is 19.3 Å². The Hall–Kier alpha value is -1.52. The molecule has 0 aliphatic rings. The highest BCUT2D eigenvalue weighted by molar-refractivity contribution is 6.31. The molecule has 0 saturated heterocycles. The number of aryl methyl sites for hydroxylation is 1. The van der Waals surface area contributed by atoms with Crippen molar-refractivity contribution in [2.75, 3.05) is 0 Å². The number of hydrogen-bond donors (Lipinski definition) is 1. The summed E-state index contributed by atoms with van der Waals surface area (Å²) in [5, 5.41) is 3.86. The van der Waals surface area contributed by atoms with Crippen molar-refractivity contribution in [1.29, 1.82) is 0 Å². The molecule has 0 spiro atoms. The molecule has 112 valence electrons. The van der Waals surface area contributed by atoms with Crippen molar-refractivity contribution < 1.29 is 13.2 Å². The Labute approximate surface area is 126 Å². The average Bonchev–Trinajstić information content (AvgIpc) is 2.41. The molecule has 1 nitrogen and oxygen atoms in total. The number of rotatable bonds is 4. The zero-order chi connectivity index (χ0) is 15.5.